The number of hydrogen-bond acceptors (Lipinski definition) is 5. The first-order valence-corrected chi connectivity index (χ1v) is 10.6. The van der Waals surface area contributed by atoms with Crippen LogP contribution in [-0.2, 0) is 17.8 Å². The molecule has 2 heterocycles. The number of fused-ring (bicyclic) bond motifs is 1. The topological polar surface area (TPSA) is 46.3 Å². The quantitative estimate of drug-likeness (QED) is 0.412. The van der Waals surface area contributed by atoms with Crippen LogP contribution in [-0.4, -0.2) is 17.1 Å². The monoisotopic (exact) mass is 394 g/mol. The van der Waals surface area contributed by atoms with E-state index in [1.807, 2.05) is 66.9 Å². The van der Waals surface area contributed by atoms with Gasteiger partial charge in [0.15, 0.2) is 5.13 Å². The van der Waals surface area contributed by atoms with E-state index in [0.29, 0.717) is 18.1 Å². The first kappa shape index (κ1) is 17.8. The van der Waals surface area contributed by atoms with Crippen molar-refractivity contribution in [1.29, 1.82) is 0 Å². The number of thiazole rings is 1. The average Bonchev–Trinajstić information content (AvgIpc) is 3.35. The van der Waals surface area contributed by atoms with E-state index in [0.717, 1.165) is 21.5 Å². The fourth-order valence-corrected chi connectivity index (χ4v) is 4.20. The van der Waals surface area contributed by atoms with Crippen molar-refractivity contribution < 1.29 is 9.21 Å². The molecule has 6 heteroatoms. The van der Waals surface area contributed by atoms with E-state index in [4.69, 9.17) is 4.42 Å². The second-order valence-corrected chi connectivity index (χ2v) is 7.94. The predicted molar refractivity (Wildman–Crippen MR) is 111 cm³/mol. The number of carbonyl (C=O) groups excluding carboxylic acids is 1. The summed E-state index contributed by atoms with van der Waals surface area (Å²) in [6.07, 6.45) is 3.99. The maximum absolute atomic E-state index is 13.1. The van der Waals surface area contributed by atoms with E-state index in [1.165, 1.54) is 16.2 Å². The van der Waals surface area contributed by atoms with Crippen molar-refractivity contribution in [3.8, 4) is 0 Å². The molecule has 0 aliphatic heterocycles. The minimum absolute atomic E-state index is 0.00218. The third-order valence-electron chi connectivity index (χ3n) is 4.22. The highest BCUT2D eigenvalue weighted by Gasteiger charge is 2.21. The summed E-state index contributed by atoms with van der Waals surface area (Å²) in [6.45, 7) is 0.370. The zero-order valence-corrected chi connectivity index (χ0v) is 16.4. The predicted octanol–water partition coefficient (Wildman–Crippen LogP) is 5.39. The van der Waals surface area contributed by atoms with Crippen LogP contribution in [0, 0.1) is 0 Å². The largest absolute Gasteiger partial charge is 0.467 e. The molecule has 1 amide bonds. The normalized spacial score (nSPS) is 11.0. The van der Waals surface area contributed by atoms with Gasteiger partial charge in [0.2, 0.25) is 5.91 Å². The number of aromatic nitrogens is 1. The van der Waals surface area contributed by atoms with Gasteiger partial charge >= 0.3 is 0 Å². The van der Waals surface area contributed by atoms with Crippen LogP contribution in [0.2, 0.25) is 0 Å². The van der Waals surface area contributed by atoms with Gasteiger partial charge in [-0.25, -0.2) is 4.98 Å². The summed E-state index contributed by atoms with van der Waals surface area (Å²) in [4.78, 5) is 20.7. The average molecular weight is 395 g/mol. The lowest BCUT2D eigenvalue weighted by molar-refractivity contribution is -0.118. The van der Waals surface area contributed by atoms with Gasteiger partial charge in [-0.2, -0.15) is 0 Å². The molecule has 4 rings (SSSR count). The molecule has 0 saturated carbocycles. The van der Waals surface area contributed by atoms with Crippen molar-refractivity contribution in [2.75, 3.05) is 11.2 Å². The molecule has 0 aliphatic rings. The fraction of sp³-hybridized carbons (Fsp3) is 0.143. The fourth-order valence-electron chi connectivity index (χ4n) is 2.81. The van der Waals surface area contributed by atoms with Gasteiger partial charge in [0.05, 0.1) is 29.4 Å². The number of nitrogens with zero attached hydrogens (tertiary/aromatic N) is 2. The van der Waals surface area contributed by atoms with Gasteiger partial charge in [0.1, 0.15) is 5.76 Å². The molecule has 0 atom stereocenters. The Bertz CT molecular complexity index is 1010. The van der Waals surface area contributed by atoms with E-state index in [2.05, 4.69) is 4.98 Å². The Labute approximate surface area is 165 Å². The molecule has 0 saturated heterocycles. The lowest BCUT2D eigenvalue weighted by atomic mass is 10.1. The van der Waals surface area contributed by atoms with Crippen LogP contribution in [0.1, 0.15) is 11.3 Å². The molecule has 0 spiro atoms. The summed E-state index contributed by atoms with van der Waals surface area (Å²) in [5.41, 5.74) is 1.89. The number of amides is 1. The van der Waals surface area contributed by atoms with E-state index in [9.17, 15) is 4.79 Å². The molecule has 0 fully saturated rings. The molecular formula is C21H18N2O2S2. The summed E-state index contributed by atoms with van der Waals surface area (Å²) < 4.78 is 6.53. The number of thioether (sulfide) groups is 1. The standard InChI is InChI=1S/C21H18N2O2S2/c1-26-17-10-8-15(9-11-17)13-20(24)23(14-16-5-4-12-25-16)21-22-18-6-2-3-7-19(18)27-21/h2-12H,13-14H2,1H3. The van der Waals surface area contributed by atoms with Crippen molar-refractivity contribution >= 4 is 44.4 Å². The van der Waals surface area contributed by atoms with Gasteiger partial charge in [-0.15, -0.1) is 11.8 Å². The number of rotatable bonds is 6. The molecule has 136 valence electrons. The third kappa shape index (κ3) is 4.07. The molecule has 2 aromatic carbocycles. The van der Waals surface area contributed by atoms with Gasteiger partial charge in [-0.05, 0) is 48.2 Å². The first-order valence-electron chi connectivity index (χ1n) is 8.54. The van der Waals surface area contributed by atoms with Gasteiger partial charge < -0.3 is 4.42 Å². The van der Waals surface area contributed by atoms with Crippen molar-refractivity contribution in [2.45, 2.75) is 17.9 Å². The number of furan rings is 1. The Morgan fingerprint density at radius 3 is 2.63 bits per heavy atom. The highest BCUT2D eigenvalue weighted by Crippen LogP contribution is 2.30. The zero-order valence-electron chi connectivity index (χ0n) is 14.8. The van der Waals surface area contributed by atoms with Gasteiger partial charge in [0.25, 0.3) is 0 Å². The summed E-state index contributed by atoms with van der Waals surface area (Å²) in [5, 5.41) is 0.693. The second-order valence-electron chi connectivity index (χ2n) is 6.05. The number of anilines is 1. The Hall–Kier alpha value is -2.57. The Balaban J connectivity index is 1.62. The van der Waals surface area contributed by atoms with Gasteiger partial charge in [-0.1, -0.05) is 35.6 Å². The van der Waals surface area contributed by atoms with E-state index in [-0.39, 0.29) is 5.91 Å². The molecule has 2 aromatic heterocycles. The van der Waals surface area contributed by atoms with Crippen LogP contribution >= 0.6 is 23.1 Å². The SMILES string of the molecule is CSc1ccc(CC(=O)N(Cc2ccco2)c2nc3ccccc3s2)cc1. The highest BCUT2D eigenvalue weighted by molar-refractivity contribution is 7.98. The van der Waals surface area contributed by atoms with Crippen LogP contribution in [0.25, 0.3) is 10.2 Å². The highest BCUT2D eigenvalue weighted by atomic mass is 32.2. The number of benzene rings is 2. The van der Waals surface area contributed by atoms with Gasteiger partial charge in [0, 0.05) is 4.90 Å². The molecule has 4 nitrogen and oxygen atoms in total. The number of hydrogen-bond donors (Lipinski definition) is 0. The first-order chi connectivity index (χ1) is 13.2. The molecule has 0 N–H and O–H groups in total. The summed E-state index contributed by atoms with van der Waals surface area (Å²) in [7, 11) is 0. The summed E-state index contributed by atoms with van der Waals surface area (Å²) in [5.74, 6) is 0.739. The van der Waals surface area contributed by atoms with Crippen molar-refractivity contribution in [1.82, 2.24) is 4.98 Å². The second kappa shape index (κ2) is 7.98. The molecule has 0 radical (unpaired) electrons. The Kier molecular flexibility index (Phi) is 5.27. The smallest absolute Gasteiger partial charge is 0.233 e. The lowest BCUT2D eigenvalue weighted by Crippen LogP contribution is -2.31. The summed E-state index contributed by atoms with van der Waals surface area (Å²) in [6, 6.07) is 19.7. The minimum atomic E-state index is 0.00218. The maximum Gasteiger partial charge on any atom is 0.233 e. The van der Waals surface area contributed by atoms with E-state index >= 15 is 0 Å². The molecule has 0 bridgehead atoms. The van der Waals surface area contributed by atoms with E-state index in [1.54, 1.807) is 22.9 Å². The molecule has 0 unspecified atom stereocenters. The molecule has 0 aliphatic carbocycles. The van der Waals surface area contributed by atoms with Crippen LogP contribution in [0.4, 0.5) is 5.13 Å². The van der Waals surface area contributed by atoms with Crippen molar-refractivity contribution in [3.63, 3.8) is 0 Å². The molecule has 27 heavy (non-hydrogen) atoms. The summed E-state index contributed by atoms with van der Waals surface area (Å²) >= 11 is 3.21. The van der Waals surface area contributed by atoms with Crippen LogP contribution < -0.4 is 4.90 Å². The van der Waals surface area contributed by atoms with Gasteiger partial charge in [-0.3, -0.25) is 9.69 Å². The Morgan fingerprint density at radius 1 is 1.11 bits per heavy atom. The van der Waals surface area contributed by atoms with E-state index < -0.39 is 0 Å². The minimum Gasteiger partial charge on any atom is -0.467 e. The Morgan fingerprint density at radius 2 is 1.93 bits per heavy atom. The molecule has 4 aromatic rings. The molecular weight excluding hydrogens is 376 g/mol. The van der Waals surface area contributed by atoms with Crippen LogP contribution in [0.5, 0.6) is 0 Å². The van der Waals surface area contributed by atoms with Crippen LogP contribution in [0.3, 0.4) is 0 Å². The third-order valence-corrected chi connectivity index (χ3v) is 6.03. The van der Waals surface area contributed by atoms with Crippen molar-refractivity contribution in [3.05, 3.63) is 78.3 Å². The maximum atomic E-state index is 13.1. The van der Waals surface area contributed by atoms with Crippen molar-refractivity contribution in [2.24, 2.45) is 0 Å². The number of carbonyl (C=O) groups is 1. The lowest BCUT2D eigenvalue weighted by Gasteiger charge is -2.19. The number of para-hydroxylation sites is 1. The zero-order chi connectivity index (χ0) is 18.6. The van der Waals surface area contributed by atoms with Crippen LogP contribution in [0.15, 0.2) is 76.2 Å².